The molecule has 0 unspecified atom stereocenters. The van der Waals surface area contributed by atoms with Gasteiger partial charge in [0, 0.05) is 13.1 Å². The second-order valence-electron chi connectivity index (χ2n) is 7.58. The Morgan fingerprint density at radius 2 is 1.71 bits per heavy atom. The van der Waals surface area contributed by atoms with E-state index in [0.717, 1.165) is 0 Å². The smallest absolute Gasteiger partial charge is 0.393 e. The van der Waals surface area contributed by atoms with Crippen molar-refractivity contribution in [1.29, 1.82) is 0 Å². The van der Waals surface area contributed by atoms with Gasteiger partial charge >= 0.3 is 6.18 Å². The van der Waals surface area contributed by atoms with Crippen LogP contribution in [-0.4, -0.2) is 61.9 Å². The van der Waals surface area contributed by atoms with Crippen LogP contribution in [0.1, 0.15) is 5.56 Å². The third kappa shape index (κ3) is 4.74. The highest BCUT2D eigenvalue weighted by Gasteiger charge is 2.55. The standard InChI is InChI=1S/C19H14ClF5N2O6S2/c1-26-17-13(21)5-11(6-14(17)22)34(30,31)16-7-27(8-18(16,29)9-28)35(32,33)15-3-2-10(4-12(15)20)19(23,24)25/h2-6,16,28-29H,7-9H2/t16-,18+/m0/s1. The van der Waals surface area contributed by atoms with Gasteiger partial charge in [0.05, 0.1) is 28.7 Å². The molecule has 1 aliphatic heterocycles. The van der Waals surface area contributed by atoms with Crippen LogP contribution in [0.5, 0.6) is 0 Å². The highest BCUT2D eigenvalue weighted by Crippen LogP contribution is 2.39. The minimum atomic E-state index is -4.92. The largest absolute Gasteiger partial charge is 0.416 e. The molecule has 35 heavy (non-hydrogen) atoms. The number of sulfone groups is 1. The normalized spacial score (nSPS) is 21.7. The number of aliphatic hydroxyl groups is 2. The van der Waals surface area contributed by atoms with Crippen LogP contribution in [0.4, 0.5) is 27.6 Å². The number of hydrogen-bond donors (Lipinski definition) is 2. The first-order chi connectivity index (χ1) is 16.0. The molecule has 1 aliphatic rings. The molecule has 16 heteroatoms. The van der Waals surface area contributed by atoms with Gasteiger partial charge in [-0.1, -0.05) is 11.6 Å². The number of β-amino-alcohol motifs (C(OH)–C–C–N with tert-alkyl or cyclic N) is 1. The summed E-state index contributed by atoms with van der Waals surface area (Å²) < 4.78 is 119. The predicted octanol–water partition coefficient (Wildman–Crippen LogP) is 2.76. The lowest BCUT2D eigenvalue weighted by atomic mass is 10.1. The van der Waals surface area contributed by atoms with Crippen LogP contribution < -0.4 is 0 Å². The highest BCUT2D eigenvalue weighted by molar-refractivity contribution is 7.92. The second kappa shape index (κ2) is 8.95. The van der Waals surface area contributed by atoms with Crippen LogP contribution in [0.2, 0.25) is 5.02 Å². The average molecular weight is 561 g/mol. The van der Waals surface area contributed by atoms with E-state index in [0.29, 0.717) is 34.6 Å². The third-order valence-electron chi connectivity index (χ3n) is 5.38. The molecule has 190 valence electrons. The summed E-state index contributed by atoms with van der Waals surface area (Å²) in [4.78, 5) is 0.734. The molecule has 2 N–H and O–H groups in total. The number of benzene rings is 2. The van der Waals surface area contributed by atoms with Gasteiger partial charge in [0.1, 0.15) is 27.4 Å². The van der Waals surface area contributed by atoms with E-state index in [9.17, 15) is 49.0 Å². The molecule has 0 amide bonds. The van der Waals surface area contributed by atoms with Crippen molar-refractivity contribution < 1.29 is 49.0 Å². The van der Waals surface area contributed by atoms with E-state index in [-0.39, 0.29) is 0 Å². The molecule has 1 fully saturated rings. The average Bonchev–Trinajstić information content (AvgIpc) is 3.12. The number of sulfonamides is 1. The Morgan fingerprint density at radius 3 is 2.17 bits per heavy atom. The van der Waals surface area contributed by atoms with Crippen LogP contribution in [0.25, 0.3) is 4.85 Å². The van der Waals surface area contributed by atoms with E-state index in [1.54, 1.807) is 0 Å². The van der Waals surface area contributed by atoms with Crippen LogP contribution in [0.3, 0.4) is 0 Å². The Labute approximate surface area is 201 Å². The number of aliphatic hydroxyl groups excluding tert-OH is 1. The Kier molecular flexibility index (Phi) is 6.96. The van der Waals surface area contributed by atoms with Crippen LogP contribution >= 0.6 is 11.6 Å². The molecule has 0 saturated carbocycles. The third-order valence-corrected chi connectivity index (χ3v) is 9.90. The molecule has 0 aromatic heterocycles. The SMILES string of the molecule is [C-]#[N+]c1c(F)cc(S(=O)(=O)[C@H]2CN(S(=O)(=O)c3ccc(C(F)(F)F)cc3Cl)C[C@@]2(O)CO)cc1F. The zero-order valence-corrected chi connectivity index (χ0v) is 19.5. The van der Waals surface area contributed by atoms with Gasteiger partial charge in [-0.05, 0) is 30.3 Å². The topological polar surface area (TPSA) is 116 Å². The van der Waals surface area contributed by atoms with Gasteiger partial charge in [0.25, 0.3) is 5.69 Å². The molecule has 0 radical (unpaired) electrons. The summed E-state index contributed by atoms with van der Waals surface area (Å²) in [5.74, 6) is -3.05. The number of alkyl halides is 3. The Morgan fingerprint density at radius 1 is 1.14 bits per heavy atom. The fourth-order valence-electron chi connectivity index (χ4n) is 3.55. The van der Waals surface area contributed by atoms with Crippen molar-refractivity contribution in [3.63, 3.8) is 0 Å². The Balaban J connectivity index is 2.05. The van der Waals surface area contributed by atoms with Gasteiger partial charge < -0.3 is 10.2 Å². The van der Waals surface area contributed by atoms with Gasteiger partial charge in [-0.2, -0.15) is 17.5 Å². The summed E-state index contributed by atoms with van der Waals surface area (Å²) in [5, 5.41) is 17.4. The van der Waals surface area contributed by atoms with Crippen molar-refractivity contribution in [1.82, 2.24) is 4.31 Å². The Bertz CT molecular complexity index is 1420. The molecule has 1 saturated heterocycles. The maximum Gasteiger partial charge on any atom is 0.416 e. The van der Waals surface area contributed by atoms with Gasteiger partial charge in [-0.3, -0.25) is 0 Å². The zero-order chi connectivity index (χ0) is 26.6. The van der Waals surface area contributed by atoms with E-state index in [2.05, 4.69) is 4.85 Å². The van der Waals surface area contributed by atoms with Gasteiger partial charge in [-0.25, -0.2) is 30.5 Å². The van der Waals surface area contributed by atoms with Crippen molar-refractivity contribution >= 4 is 37.1 Å². The number of rotatable bonds is 5. The molecule has 0 bridgehead atoms. The predicted molar refractivity (Wildman–Crippen MR) is 111 cm³/mol. The number of nitrogens with zero attached hydrogens (tertiary/aromatic N) is 2. The maximum absolute atomic E-state index is 14.0. The lowest BCUT2D eigenvalue weighted by molar-refractivity contribution is -0.137. The molecule has 3 rings (SSSR count). The first-order valence-electron chi connectivity index (χ1n) is 9.29. The second-order valence-corrected chi connectivity index (χ2v) is 12.0. The van der Waals surface area contributed by atoms with Crippen LogP contribution in [-0.2, 0) is 26.0 Å². The molecule has 8 nitrogen and oxygen atoms in total. The Hall–Kier alpha value is -2.35. The van der Waals surface area contributed by atoms with Gasteiger partial charge in [-0.15, -0.1) is 0 Å². The fourth-order valence-corrected chi connectivity index (χ4v) is 7.65. The minimum absolute atomic E-state index is 0.313. The lowest BCUT2D eigenvalue weighted by Gasteiger charge is -2.26. The summed E-state index contributed by atoms with van der Waals surface area (Å²) in [6, 6.07) is 1.96. The van der Waals surface area contributed by atoms with E-state index in [1.165, 1.54) is 0 Å². The lowest BCUT2D eigenvalue weighted by Crippen LogP contribution is -2.49. The molecule has 0 aliphatic carbocycles. The first-order valence-corrected chi connectivity index (χ1v) is 12.7. The minimum Gasteiger partial charge on any atom is -0.393 e. The van der Waals surface area contributed by atoms with E-state index in [1.807, 2.05) is 0 Å². The van der Waals surface area contributed by atoms with E-state index < -0.39 is 94.3 Å². The quantitative estimate of drug-likeness (QED) is 0.429. The monoisotopic (exact) mass is 560 g/mol. The molecular formula is C19H14ClF5N2O6S2. The summed E-state index contributed by atoms with van der Waals surface area (Å²) in [6.45, 7) is 3.37. The van der Waals surface area contributed by atoms with E-state index in [4.69, 9.17) is 18.2 Å². The molecule has 2 aromatic carbocycles. The molecular weight excluding hydrogens is 547 g/mol. The fraction of sp³-hybridized carbons (Fsp3) is 0.316. The zero-order valence-electron chi connectivity index (χ0n) is 17.1. The molecule has 2 atom stereocenters. The van der Waals surface area contributed by atoms with E-state index >= 15 is 0 Å². The summed E-state index contributed by atoms with van der Waals surface area (Å²) >= 11 is 5.75. The maximum atomic E-state index is 14.0. The summed E-state index contributed by atoms with van der Waals surface area (Å²) in [5.41, 5.74) is -4.99. The van der Waals surface area contributed by atoms with Gasteiger partial charge in [0.2, 0.25) is 10.0 Å². The first kappa shape index (κ1) is 27.2. The van der Waals surface area contributed by atoms with Crippen LogP contribution in [0.15, 0.2) is 40.1 Å². The number of halogens is 6. The molecule has 0 spiro atoms. The number of hydrogen-bond acceptors (Lipinski definition) is 6. The van der Waals surface area contributed by atoms with Gasteiger partial charge in [0.15, 0.2) is 9.84 Å². The summed E-state index contributed by atoms with van der Waals surface area (Å²) in [6.07, 6.45) is -4.83. The summed E-state index contributed by atoms with van der Waals surface area (Å²) in [7, 11) is -9.73. The van der Waals surface area contributed by atoms with Crippen molar-refractivity contribution in [2.24, 2.45) is 0 Å². The van der Waals surface area contributed by atoms with Crippen molar-refractivity contribution in [3.05, 3.63) is 64.0 Å². The van der Waals surface area contributed by atoms with Crippen molar-refractivity contribution in [3.8, 4) is 0 Å². The molecule has 1 heterocycles. The van der Waals surface area contributed by atoms with Crippen molar-refractivity contribution in [2.45, 2.75) is 26.8 Å². The van der Waals surface area contributed by atoms with Crippen molar-refractivity contribution in [2.75, 3.05) is 19.7 Å². The highest BCUT2D eigenvalue weighted by atomic mass is 35.5. The molecule has 2 aromatic rings. The van der Waals surface area contributed by atoms with Crippen LogP contribution in [0, 0.1) is 18.2 Å².